The molecular weight excluding hydrogens is 280 g/mol. The van der Waals surface area contributed by atoms with Crippen molar-refractivity contribution in [3.8, 4) is 0 Å². The first-order valence-electron chi connectivity index (χ1n) is 6.01. The second kappa shape index (κ2) is 6.50. The van der Waals surface area contributed by atoms with Gasteiger partial charge in [-0.15, -0.1) is 0 Å². The van der Waals surface area contributed by atoms with Crippen molar-refractivity contribution in [2.45, 2.75) is 12.6 Å². The molecule has 1 aromatic rings. The minimum atomic E-state index is 0.316. The molecule has 0 aliphatic carbocycles. The van der Waals surface area contributed by atoms with Crippen LogP contribution in [0.4, 0.5) is 0 Å². The van der Waals surface area contributed by atoms with Crippen molar-refractivity contribution in [3.63, 3.8) is 0 Å². The summed E-state index contributed by atoms with van der Waals surface area (Å²) < 4.78 is 6.89. The summed E-state index contributed by atoms with van der Waals surface area (Å²) in [6.45, 7) is 4.76. The van der Waals surface area contributed by atoms with Gasteiger partial charge in [0.25, 0.3) is 0 Å². The van der Waals surface area contributed by atoms with Crippen LogP contribution in [0.3, 0.4) is 0 Å². The zero-order valence-corrected chi connectivity index (χ0v) is 11.7. The predicted molar refractivity (Wildman–Crippen MR) is 73.1 cm³/mol. The summed E-state index contributed by atoms with van der Waals surface area (Å²) >= 11 is 3.60. The lowest BCUT2D eigenvalue weighted by Crippen LogP contribution is -2.45. The van der Waals surface area contributed by atoms with E-state index >= 15 is 0 Å². The standard InChI is InChI=1S/C13H19BrN2O/c1-15-8-12-10-16(6-7-17-12)9-11-4-2-3-5-13(11)14/h2-5,12,15H,6-10H2,1H3. The summed E-state index contributed by atoms with van der Waals surface area (Å²) in [6.07, 6.45) is 0.316. The SMILES string of the molecule is CNCC1CN(Cc2ccccc2Br)CCO1. The minimum Gasteiger partial charge on any atom is -0.374 e. The van der Waals surface area contributed by atoms with Gasteiger partial charge in [0.1, 0.15) is 0 Å². The molecule has 3 nitrogen and oxygen atoms in total. The van der Waals surface area contributed by atoms with Crippen molar-refractivity contribution < 1.29 is 4.74 Å². The molecule has 1 saturated heterocycles. The maximum absolute atomic E-state index is 5.70. The van der Waals surface area contributed by atoms with E-state index in [9.17, 15) is 0 Å². The van der Waals surface area contributed by atoms with Crippen molar-refractivity contribution in [2.24, 2.45) is 0 Å². The Morgan fingerprint density at radius 3 is 3.06 bits per heavy atom. The van der Waals surface area contributed by atoms with Gasteiger partial charge in [-0.2, -0.15) is 0 Å². The minimum absolute atomic E-state index is 0.316. The maximum atomic E-state index is 5.70. The second-order valence-corrected chi connectivity index (χ2v) is 5.23. The third-order valence-corrected chi connectivity index (χ3v) is 3.78. The fourth-order valence-corrected chi connectivity index (χ4v) is 2.55. The molecule has 1 aliphatic heterocycles. The Bertz CT molecular complexity index is 357. The van der Waals surface area contributed by atoms with Crippen LogP contribution in [0.2, 0.25) is 0 Å². The van der Waals surface area contributed by atoms with Gasteiger partial charge in [-0.3, -0.25) is 4.90 Å². The normalized spacial score (nSPS) is 21.6. The summed E-state index contributed by atoms with van der Waals surface area (Å²) in [5.74, 6) is 0. The molecule has 1 aliphatic rings. The highest BCUT2D eigenvalue weighted by Gasteiger charge is 2.20. The van der Waals surface area contributed by atoms with Gasteiger partial charge in [-0.1, -0.05) is 34.1 Å². The number of halogens is 1. The molecule has 0 saturated carbocycles. The third kappa shape index (κ3) is 3.78. The zero-order valence-electron chi connectivity index (χ0n) is 10.2. The molecule has 1 atom stereocenters. The third-order valence-electron chi connectivity index (χ3n) is 3.01. The Labute approximate surface area is 111 Å². The molecule has 94 valence electrons. The van der Waals surface area contributed by atoms with Gasteiger partial charge in [0.05, 0.1) is 12.7 Å². The molecule has 1 aromatic carbocycles. The highest BCUT2D eigenvalue weighted by atomic mass is 79.9. The van der Waals surface area contributed by atoms with Gasteiger partial charge in [-0.25, -0.2) is 0 Å². The number of rotatable bonds is 4. The highest BCUT2D eigenvalue weighted by molar-refractivity contribution is 9.10. The number of ether oxygens (including phenoxy) is 1. The summed E-state index contributed by atoms with van der Waals surface area (Å²) in [5.41, 5.74) is 1.35. The van der Waals surface area contributed by atoms with E-state index in [1.807, 2.05) is 7.05 Å². The molecular formula is C13H19BrN2O. The lowest BCUT2D eigenvalue weighted by molar-refractivity contribution is -0.0292. The molecule has 1 fully saturated rings. The first-order chi connectivity index (χ1) is 8.29. The Hall–Kier alpha value is -0.420. The van der Waals surface area contributed by atoms with E-state index in [1.54, 1.807) is 0 Å². The Kier molecular flexibility index (Phi) is 4.98. The van der Waals surface area contributed by atoms with Crippen LogP contribution in [-0.2, 0) is 11.3 Å². The Morgan fingerprint density at radius 2 is 2.29 bits per heavy atom. The predicted octanol–water partition coefficient (Wildman–Crippen LogP) is 1.87. The van der Waals surface area contributed by atoms with Crippen LogP contribution < -0.4 is 5.32 Å². The molecule has 0 radical (unpaired) electrons. The van der Waals surface area contributed by atoms with E-state index in [1.165, 1.54) is 10.0 Å². The first kappa shape index (κ1) is 13.0. The fourth-order valence-electron chi connectivity index (χ4n) is 2.14. The van der Waals surface area contributed by atoms with Crippen LogP contribution in [-0.4, -0.2) is 44.3 Å². The van der Waals surface area contributed by atoms with Gasteiger partial charge in [0.2, 0.25) is 0 Å². The van der Waals surface area contributed by atoms with Gasteiger partial charge in [-0.05, 0) is 18.7 Å². The van der Waals surface area contributed by atoms with Crippen molar-refractivity contribution in [3.05, 3.63) is 34.3 Å². The number of hydrogen-bond donors (Lipinski definition) is 1. The molecule has 0 bridgehead atoms. The summed E-state index contributed by atoms with van der Waals surface area (Å²) in [5, 5.41) is 3.17. The van der Waals surface area contributed by atoms with Crippen LogP contribution in [0.15, 0.2) is 28.7 Å². The maximum Gasteiger partial charge on any atom is 0.0826 e. The van der Waals surface area contributed by atoms with Crippen LogP contribution in [0.25, 0.3) is 0 Å². The zero-order chi connectivity index (χ0) is 12.1. The number of likely N-dealkylation sites (N-methyl/N-ethyl adjacent to an activating group) is 1. The van der Waals surface area contributed by atoms with Crippen LogP contribution in [0.1, 0.15) is 5.56 Å². The largest absolute Gasteiger partial charge is 0.374 e. The van der Waals surface area contributed by atoms with E-state index in [0.29, 0.717) is 6.10 Å². The van der Waals surface area contributed by atoms with E-state index < -0.39 is 0 Å². The monoisotopic (exact) mass is 298 g/mol. The number of nitrogens with one attached hydrogen (secondary N) is 1. The molecule has 1 N–H and O–H groups in total. The van der Waals surface area contributed by atoms with E-state index in [2.05, 4.69) is 50.4 Å². The lowest BCUT2D eigenvalue weighted by atomic mass is 10.2. The molecule has 0 spiro atoms. The van der Waals surface area contributed by atoms with Gasteiger partial charge < -0.3 is 10.1 Å². The molecule has 0 aromatic heterocycles. The molecule has 17 heavy (non-hydrogen) atoms. The van der Waals surface area contributed by atoms with E-state index in [0.717, 1.165) is 32.8 Å². The van der Waals surface area contributed by atoms with E-state index in [4.69, 9.17) is 4.74 Å². The average molecular weight is 299 g/mol. The van der Waals surface area contributed by atoms with Crippen LogP contribution in [0.5, 0.6) is 0 Å². The van der Waals surface area contributed by atoms with Crippen molar-refractivity contribution in [1.82, 2.24) is 10.2 Å². The molecule has 0 amide bonds. The summed E-state index contributed by atoms with van der Waals surface area (Å²) in [7, 11) is 1.97. The number of morpholine rings is 1. The smallest absolute Gasteiger partial charge is 0.0826 e. The topological polar surface area (TPSA) is 24.5 Å². The van der Waals surface area contributed by atoms with Gasteiger partial charge in [0.15, 0.2) is 0 Å². The van der Waals surface area contributed by atoms with Crippen molar-refractivity contribution in [1.29, 1.82) is 0 Å². The summed E-state index contributed by atoms with van der Waals surface area (Å²) in [6, 6.07) is 8.41. The highest BCUT2D eigenvalue weighted by Crippen LogP contribution is 2.19. The molecule has 4 heteroatoms. The summed E-state index contributed by atoms with van der Waals surface area (Å²) in [4.78, 5) is 2.45. The fraction of sp³-hybridized carbons (Fsp3) is 0.538. The average Bonchev–Trinajstić information content (AvgIpc) is 2.33. The lowest BCUT2D eigenvalue weighted by Gasteiger charge is -2.33. The van der Waals surface area contributed by atoms with Crippen molar-refractivity contribution in [2.75, 3.05) is 33.3 Å². The van der Waals surface area contributed by atoms with Crippen LogP contribution in [0, 0.1) is 0 Å². The van der Waals surface area contributed by atoms with E-state index in [-0.39, 0.29) is 0 Å². The van der Waals surface area contributed by atoms with Crippen LogP contribution >= 0.6 is 15.9 Å². The second-order valence-electron chi connectivity index (χ2n) is 4.38. The van der Waals surface area contributed by atoms with Gasteiger partial charge in [0, 0.05) is 30.7 Å². The Balaban J connectivity index is 1.92. The van der Waals surface area contributed by atoms with Crippen molar-refractivity contribution >= 4 is 15.9 Å². The van der Waals surface area contributed by atoms with Gasteiger partial charge >= 0.3 is 0 Å². The number of nitrogens with zero attached hydrogens (tertiary/aromatic N) is 1. The quantitative estimate of drug-likeness (QED) is 0.918. The molecule has 1 heterocycles. The number of benzene rings is 1. The Morgan fingerprint density at radius 1 is 1.47 bits per heavy atom. The molecule has 1 unspecified atom stereocenters. The number of hydrogen-bond acceptors (Lipinski definition) is 3. The first-order valence-corrected chi connectivity index (χ1v) is 6.81. The molecule has 2 rings (SSSR count).